The van der Waals surface area contributed by atoms with E-state index in [2.05, 4.69) is 36.2 Å². The fraction of sp³-hybridized carbons (Fsp3) is 0.385. The quantitative estimate of drug-likeness (QED) is 0.849. The number of rotatable bonds is 3. The summed E-state index contributed by atoms with van der Waals surface area (Å²) in [5.41, 5.74) is 1.85. The summed E-state index contributed by atoms with van der Waals surface area (Å²) in [4.78, 5) is 3.59. The highest BCUT2D eigenvalue weighted by atomic mass is 19.1. The molecule has 0 fully saturated rings. The van der Waals surface area contributed by atoms with Crippen LogP contribution in [0.5, 0.6) is 0 Å². The minimum absolute atomic E-state index is 0.0182. The highest BCUT2D eigenvalue weighted by Gasteiger charge is 2.13. The normalized spacial score (nSPS) is 11.6. The van der Waals surface area contributed by atoms with E-state index in [0.717, 1.165) is 11.3 Å². The topological polar surface area (TPSA) is 42.7 Å². The summed E-state index contributed by atoms with van der Waals surface area (Å²) >= 11 is 0. The van der Waals surface area contributed by atoms with Crippen LogP contribution in [0.25, 0.3) is 0 Å². The van der Waals surface area contributed by atoms with Crippen molar-refractivity contribution >= 4 is 5.69 Å². The van der Waals surface area contributed by atoms with Gasteiger partial charge in [0.15, 0.2) is 0 Å². The zero-order valence-electron chi connectivity index (χ0n) is 10.8. The molecule has 0 saturated heterocycles. The van der Waals surface area contributed by atoms with Gasteiger partial charge in [-0.25, -0.2) is 4.98 Å². The predicted octanol–water partition coefficient (Wildman–Crippen LogP) is 2.78. The van der Waals surface area contributed by atoms with Gasteiger partial charge in [-0.2, -0.15) is 9.49 Å². The summed E-state index contributed by atoms with van der Waals surface area (Å²) in [5.74, 6) is -0.471. The van der Waals surface area contributed by atoms with E-state index < -0.39 is 5.95 Å². The van der Waals surface area contributed by atoms with Gasteiger partial charge in [0.2, 0.25) is 5.95 Å². The van der Waals surface area contributed by atoms with Crippen molar-refractivity contribution in [2.45, 2.75) is 32.9 Å². The van der Waals surface area contributed by atoms with E-state index in [4.69, 9.17) is 0 Å². The van der Waals surface area contributed by atoms with Crippen molar-refractivity contribution in [2.75, 3.05) is 5.32 Å². The highest BCUT2D eigenvalue weighted by molar-refractivity contribution is 5.40. The minimum Gasteiger partial charge on any atom is -0.380 e. The largest absolute Gasteiger partial charge is 0.380 e. The van der Waals surface area contributed by atoms with Gasteiger partial charge in [0.05, 0.1) is 23.6 Å². The second-order valence-corrected chi connectivity index (χ2v) is 5.19. The van der Waals surface area contributed by atoms with Gasteiger partial charge in [-0.15, -0.1) is 0 Å². The van der Waals surface area contributed by atoms with Crippen LogP contribution in [0, 0.1) is 5.95 Å². The SMILES string of the molecule is CC(C)(C)n1cc(CNc2ccc(F)nc2)cn1. The number of anilines is 1. The molecular formula is C13H17FN4. The van der Waals surface area contributed by atoms with Gasteiger partial charge in [-0.3, -0.25) is 4.68 Å². The van der Waals surface area contributed by atoms with Crippen molar-refractivity contribution in [1.82, 2.24) is 14.8 Å². The van der Waals surface area contributed by atoms with E-state index in [0.29, 0.717) is 6.54 Å². The number of aromatic nitrogens is 3. The Hall–Kier alpha value is -1.91. The van der Waals surface area contributed by atoms with Crippen LogP contribution in [0.15, 0.2) is 30.7 Å². The Morgan fingerprint density at radius 1 is 1.28 bits per heavy atom. The Morgan fingerprint density at radius 2 is 2.06 bits per heavy atom. The Labute approximate surface area is 106 Å². The van der Waals surface area contributed by atoms with E-state index in [1.54, 1.807) is 6.07 Å². The molecule has 0 bridgehead atoms. The lowest BCUT2D eigenvalue weighted by atomic mass is 10.1. The molecule has 0 aliphatic carbocycles. The predicted molar refractivity (Wildman–Crippen MR) is 68.7 cm³/mol. The molecular weight excluding hydrogens is 231 g/mol. The molecule has 1 N–H and O–H groups in total. The maximum atomic E-state index is 12.6. The monoisotopic (exact) mass is 248 g/mol. The third-order valence-electron chi connectivity index (χ3n) is 2.55. The van der Waals surface area contributed by atoms with Crippen LogP contribution in [0.1, 0.15) is 26.3 Å². The van der Waals surface area contributed by atoms with Crippen molar-refractivity contribution in [1.29, 1.82) is 0 Å². The number of pyridine rings is 1. The molecule has 96 valence electrons. The van der Waals surface area contributed by atoms with E-state index in [-0.39, 0.29) is 5.54 Å². The van der Waals surface area contributed by atoms with Gasteiger partial charge in [0.25, 0.3) is 0 Å². The average molecular weight is 248 g/mol. The van der Waals surface area contributed by atoms with Gasteiger partial charge in [-0.1, -0.05) is 0 Å². The number of halogens is 1. The lowest BCUT2D eigenvalue weighted by molar-refractivity contribution is 0.355. The molecule has 0 unspecified atom stereocenters. The van der Waals surface area contributed by atoms with E-state index in [1.165, 1.54) is 12.3 Å². The summed E-state index contributed by atoms with van der Waals surface area (Å²) in [6.07, 6.45) is 5.31. The molecule has 0 amide bonds. The second kappa shape index (κ2) is 4.76. The zero-order chi connectivity index (χ0) is 13.2. The summed E-state index contributed by atoms with van der Waals surface area (Å²) in [6, 6.07) is 3.00. The molecule has 0 aliphatic rings. The smallest absolute Gasteiger partial charge is 0.212 e. The van der Waals surface area contributed by atoms with Crippen LogP contribution < -0.4 is 5.32 Å². The lowest BCUT2D eigenvalue weighted by Gasteiger charge is -2.18. The Balaban J connectivity index is 1.98. The summed E-state index contributed by atoms with van der Waals surface area (Å²) in [7, 11) is 0. The van der Waals surface area contributed by atoms with Crippen molar-refractivity contribution in [3.63, 3.8) is 0 Å². The van der Waals surface area contributed by atoms with E-state index >= 15 is 0 Å². The highest BCUT2D eigenvalue weighted by Crippen LogP contribution is 2.14. The number of nitrogens with one attached hydrogen (secondary N) is 1. The molecule has 0 saturated carbocycles. The van der Waals surface area contributed by atoms with Crippen molar-refractivity contribution in [3.8, 4) is 0 Å². The molecule has 0 spiro atoms. The first-order chi connectivity index (χ1) is 8.45. The van der Waals surface area contributed by atoms with Crippen LogP contribution in [-0.4, -0.2) is 14.8 Å². The molecule has 0 aromatic carbocycles. The zero-order valence-corrected chi connectivity index (χ0v) is 10.8. The van der Waals surface area contributed by atoms with Crippen LogP contribution in [0.3, 0.4) is 0 Å². The molecule has 0 aliphatic heterocycles. The summed E-state index contributed by atoms with van der Waals surface area (Å²) in [5, 5.41) is 7.49. The van der Waals surface area contributed by atoms with Gasteiger partial charge in [0.1, 0.15) is 0 Å². The molecule has 2 aromatic heterocycles. The van der Waals surface area contributed by atoms with Crippen LogP contribution in [0.2, 0.25) is 0 Å². The van der Waals surface area contributed by atoms with Crippen molar-refractivity contribution in [3.05, 3.63) is 42.2 Å². The molecule has 18 heavy (non-hydrogen) atoms. The minimum atomic E-state index is -0.471. The fourth-order valence-corrected chi connectivity index (χ4v) is 1.50. The van der Waals surface area contributed by atoms with Crippen LogP contribution >= 0.6 is 0 Å². The molecule has 5 heteroatoms. The van der Waals surface area contributed by atoms with Crippen LogP contribution in [-0.2, 0) is 12.1 Å². The standard InChI is InChI=1S/C13H17FN4/c1-13(2,3)18-9-10(7-17-18)6-15-11-4-5-12(14)16-8-11/h4-5,7-9,15H,6H2,1-3H3. The van der Waals surface area contributed by atoms with Crippen LogP contribution in [0.4, 0.5) is 10.1 Å². The summed E-state index contributed by atoms with van der Waals surface area (Å²) < 4.78 is 14.6. The van der Waals surface area contributed by atoms with Gasteiger partial charge >= 0.3 is 0 Å². The maximum absolute atomic E-state index is 12.6. The lowest BCUT2D eigenvalue weighted by Crippen LogP contribution is -2.21. The number of hydrogen-bond donors (Lipinski definition) is 1. The first-order valence-corrected chi connectivity index (χ1v) is 5.84. The average Bonchev–Trinajstić information content (AvgIpc) is 2.77. The van der Waals surface area contributed by atoms with Gasteiger partial charge in [-0.05, 0) is 32.9 Å². The second-order valence-electron chi connectivity index (χ2n) is 5.19. The molecule has 4 nitrogen and oxygen atoms in total. The molecule has 0 radical (unpaired) electrons. The van der Waals surface area contributed by atoms with E-state index in [9.17, 15) is 4.39 Å². The maximum Gasteiger partial charge on any atom is 0.212 e. The number of nitrogens with zero attached hydrogens (tertiary/aromatic N) is 3. The third-order valence-corrected chi connectivity index (χ3v) is 2.55. The van der Waals surface area contributed by atoms with Gasteiger partial charge < -0.3 is 5.32 Å². The first kappa shape index (κ1) is 12.5. The summed E-state index contributed by atoms with van der Waals surface area (Å²) in [6.45, 7) is 6.94. The fourth-order valence-electron chi connectivity index (χ4n) is 1.50. The van der Waals surface area contributed by atoms with Crippen molar-refractivity contribution < 1.29 is 4.39 Å². The Bertz CT molecular complexity index is 511. The molecule has 0 atom stereocenters. The Morgan fingerprint density at radius 3 is 2.61 bits per heavy atom. The molecule has 2 aromatic rings. The van der Waals surface area contributed by atoms with E-state index in [1.807, 2.05) is 17.1 Å². The van der Waals surface area contributed by atoms with Crippen molar-refractivity contribution in [2.24, 2.45) is 0 Å². The Kier molecular flexibility index (Phi) is 3.32. The molecule has 2 heterocycles. The molecule has 2 rings (SSSR count). The first-order valence-electron chi connectivity index (χ1n) is 5.84. The number of hydrogen-bond acceptors (Lipinski definition) is 3. The van der Waals surface area contributed by atoms with Gasteiger partial charge in [0, 0.05) is 18.3 Å². The third kappa shape index (κ3) is 3.06.